The molecule has 0 aliphatic carbocycles. The highest BCUT2D eigenvalue weighted by molar-refractivity contribution is 6.07. The van der Waals surface area contributed by atoms with E-state index in [1.54, 1.807) is 48.5 Å². The first-order valence-corrected chi connectivity index (χ1v) is 11.9. The van der Waals surface area contributed by atoms with E-state index in [0.717, 1.165) is 24.0 Å². The van der Waals surface area contributed by atoms with E-state index in [-0.39, 0.29) is 36.6 Å². The predicted octanol–water partition coefficient (Wildman–Crippen LogP) is 5.27. The summed E-state index contributed by atoms with van der Waals surface area (Å²) >= 11 is 0. The van der Waals surface area contributed by atoms with Gasteiger partial charge in [-0.05, 0) is 85.6 Å². The van der Waals surface area contributed by atoms with Crippen LogP contribution < -0.4 is 22.1 Å². The average molecular weight is 558 g/mol. The molecule has 0 aliphatic rings. The molecule has 0 radical (unpaired) electrons. The quantitative estimate of drug-likeness (QED) is 0.200. The molecule has 3 aromatic carbocycles. The van der Waals surface area contributed by atoms with Gasteiger partial charge in [-0.25, -0.2) is 0 Å². The zero-order valence-electron chi connectivity index (χ0n) is 21.4. The molecule has 0 unspecified atom stereocenters. The number of nitrogens with one attached hydrogen (secondary N) is 2. The number of nitrogens with zero attached hydrogens (tertiary/aromatic N) is 2. The van der Waals surface area contributed by atoms with Crippen molar-refractivity contribution < 1.29 is 9.59 Å². The van der Waals surface area contributed by atoms with Crippen molar-refractivity contribution in [3.63, 3.8) is 0 Å². The predicted molar refractivity (Wildman–Crippen MR) is 161 cm³/mol. The molecule has 10 heteroatoms. The summed E-state index contributed by atoms with van der Waals surface area (Å²) in [6.07, 6.45) is 1.85. The van der Waals surface area contributed by atoms with Crippen molar-refractivity contribution in [1.29, 1.82) is 0 Å². The third kappa shape index (κ3) is 9.21. The summed E-state index contributed by atoms with van der Waals surface area (Å²) in [5, 5.41) is 5.69. The maximum atomic E-state index is 12.6. The van der Waals surface area contributed by atoms with Crippen LogP contribution in [-0.2, 0) is 0 Å². The molecule has 38 heavy (non-hydrogen) atoms. The highest BCUT2D eigenvalue weighted by Gasteiger charge is 2.10. The van der Waals surface area contributed by atoms with Crippen LogP contribution in [0.4, 0.5) is 11.4 Å². The number of nitrogens with two attached hydrogens (primary N) is 2. The summed E-state index contributed by atoms with van der Waals surface area (Å²) in [6, 6.07) is 20.8. The highest BCUT2D eigenvalue weighted by Crippen LogP contribution is 2.15. The molecule has 0 bridgehead atoms. The van der Waals surface area contributed by atoms with Crippen molar-refractivity contribution in [2.45, 2.75) is 26.7 Å². The molecule has 0 fully saturated rings. The van der Waals surface area contributed by atoms with Gasteiger partial charge in [0.05, 0.1) is 0 Å². The van der Waals surface area contributed by atoms with E-state index >= 15 is 0 Å². The summed E-state index contributed by atoms with van der Waals surface area (Å²) in [5.41, 5.74) is 15.7. The fourth-order valence-electron chi connectivity index (χ4n) is 3.28. The monoisotopic (exact) mass is 556 g/mol. The number of aliphatic imine (C=N–C) groups is 2. The van der Waals surface area contributed by atoms with Crippen molar-refractivity contribution >= 4 is 59.7 Å². The largest absolute Gasteiger partial charge is 0.384 e. The van der Waals surface area contributed by atoms with Crippen LogP contribution in [0.1, 0.15) is 58.5 Å². The summed E-state index contributed by atoms with van der Waals surface area (Å²) in [4.78, 5) is 33.8. The van der Waals surface area contributed by atoms with Crippen LogP contribution in [0.3, 0.4) is 0 Å². The summed E-state index contributed by atoms with van der Waals surface area (Å²) in [6.45, 7) is 5.42. The van der Waals surface area contributed by atoms with Gasteiger partial charge in [0.1, 0.15) is 11.7 Å². The molecule has 6 N–H and O–H groups in total. The van der Waals surface area contributed by atoms with Gasteiger partial charge in [-0.1, -0.05) is 13.8 Å². The number of rotatable bonds is 10. The second kappa shape index (κ2) is 16.1. The summed E-state index contributed by atoms with van der Waals surface area (Å²) < 4.78 is 0. The molecule has 3 aromatic rings. The Kier molecular flexibility index (Phi) is 13.6. The minimum atomic E-state index is -0.278. The number of carbonyl (C=O) groups is 2. The summed E-state index contributed by atoms with van der Waals surface area (Å²) in [5.74, 6) is 0.398. The number of amides is 2. The Morgan fingerprint density at radius 3 is 1.16 bits per heavy atom. The second-order valence-corrected chi connectivity index (χ2v) is 8.17. The number of halogens is 2. The zero-order chi connectivity index (χ0) is 25.9. The number of hydrogen-bond acceptors (Lipinski definition) is 4. The van der Waals surface area contributed by atoms with Crippen molar-refractivity contribution in [2.24, 2.45) is 21.5 Å². The van der Waals surface area contributed by atoms with E-state index in [4.69, 9.17) is 11.5 Å². The van der Waals surface area contributed by atoms with Crippen LogP contribution >= 0.6 is 24.8 Å². The molecule has 0 aliphatic heterocycles. The maximum Gasteiger partial charge on any atom is 0.255 e. The lowest BCUT2D eigenvalue weighted by Gasteiger charge is -2.09. The molecule has 202 valence electrons. The van der Waals surface area contributed by atoms with E-state index in [1.807, 2.05) is 38.1 Å². The van der Waals surface area contributed by atoms with Gasteiger partial charge in [0, 0.05) is 46.7 Å². The van der Waals surface area contributed by atoms with Gasteiger partial charge in [0.2, 0.25) is 0 Å². The topological polar surface area (TPSA) is 135 Å². The third-order valence-corrected chi connectivity index (χ3v) is 5.30. The SMILES string of the molecule is CCCN=C(N)c1ccc(NC(=O)c2ccc(C(=O)Nc3ccc(C(N)=NCCC)cc3)cc2)cc1.Cl.Cl. The summed E-state index contributed by atoms with van der Waals surface area (Å²) in [7, 11) is 0. The van der Waals surface area contributed by atoms with Crippen molar-refractivity contribution in [2.75, 3.05) is 23.7 Å². The Labute approximate surface area is 235 Å². The van der Waals surface area contributed by atoms with Crippen LogP contribution in [0.5, 0.6) is 0 Å². The molecule has 0 saturated carbocycles. The molecule has 8 nitrogen and oxygen atoms in total. The lowest BCUT2D eigenvalue weighted by Crippen LogP contribution is -2.16. The number of benzene rings is 3. The zero-order valence-corrected chi connectivity index (χ0v) is 23.1. The van der Waals surface area contributed by atoms with Crippen LogP contribution in [0.15, 0.2) is 82.8 Å². The van der Waals surface area contributed by atoms with Crippen molar-refractivity contribution in [3.8, 4) is 0 Å². The minimum Gasteiger partial charge on any atom is -0.384 e. The fourth-order valence-corrected chi connectivity index (χ4v) is 3.28. The molecule has 0 spiro atoms. The molecule has 3 rings (SSSR count). The van der Waals surface area contributed by atoms with Crippen molar-refractivity contribution in [1.82, 2.24) is 0 Å². The van der Waals surface area contributed by atoms with Gasteiger partial charge >= 0.3 is 0 Å². The Bertz CT molecular complexity index is 1140. The van der Waals surface area contributed by atoms with Gasteiger partial charge in [-0.15, -0.1) is 24.8 Å². The molecular formula is C28H34Cl2N6O2. The molecule has 0 heterocycles. The lowest BCUT2D eigenvalue weighted by atomic mass is 10.1. The second-order valence-electron chi connectivity index (χ2n) is 8.17. The van der Waals surface area contributed by atoms with Crippen LogP contribution in [-0.4, -0.2) is 36.6 Å². The van der Waals surface area contributed by atoms with Gasteiger partial charge in [0.15, 0.2) is 0 Å². The van der Waals surface area contributed by atoms with Crippen molar-refractivity contribution in [3.05, 3.63) is 95.1 Å². The Morgan fingerprint density at radius 2 is 0.868 bits per heavy atom. The Morgan fingerprint density at radius 1 is 0.579 bits per heavy atom. The first-order chi connectivity index (χ1) is 17.4. The lowest BCUT2D eigenvalue weighted by molar-refractivity contribution is 0.101. The molecular weight excluding hydrogens is 523 g/mol. The first-order valence-electron chi connectivity index (χ1n) is 11.9. The van der Waals surface area contributed by atoms with Gasteiger partial charge in [0.25, 0.3) is 11.8 Å². The Hall–Kier alpha value is -3.88. The third-order valence-electron chi connectivity index (χ3n) is 5.30. The maximum absolute atomic E-state index is 12.6. The number of hydrogen-bond donors (Lipinski definition) is 4. The van der Waals surface area contributed by atoms with Crippen LogP contribution in [0.2, 0.25) is 0 Å². The van der Waals surface area contributed by atoms with E-state index in [2.05, 4.69) is 20.6 Å². The van der Waals surface area contributed by atoms with Crippen LogP contribution in [0, 0.1) is 0 Å². The standard InChI is InChI=1S/C28H32N6O2.2ClH/c1-3-17-31-25(29)19-9-13-23(14-10-19)33-27(35)21-5-7-22(8-6-21)28(36)34-24-15-11-20(12-16-24)26(30)32-18-4-2;;/h5-16H,3-4,17-18H2,1-2H3,(H2,29,31)(H2,30,32)(H,33,35)(H,34,36);2*1H. The minimum absolute atomic E-state index is 0. The fraction of sp³-hybridized carbons (Fsp3) is 0.214. The van der Waals surface area contributed by atoms with Gasteiger partial charge in [-0.3, -0.25) is 19.6 Å². The van der Waals surface area contributed by atoms with E-state index < -0.39 is 0 Å². The molecule has 2 amide bonds. The Balaban J connectivity index is 0.00000361. The highest BCUT2D eigenvalue weighted by atomic mass is 35.5. The van der Waals surface area contributed by atoms with Crippen LogP contribution in [0.25, 0.3) is 0 Å². The molecule has 0 saturated heterocycles. The smallest absolute Gasteiger partial charge is 0.255 e. The molecule has 0 aromatic heterocycles. The van der Waals surface area contributed by atoms with E-state index in [9.17, 15) is 9.59 Å². The normalized spacial score (nSPS) is 11.1. The van der Waals surface area contributed by atoms with Gasteiger partial charge < -0.3 is 22.1 Å². The average Bonchev–Trinajstić information content (AvgIpc) is 2.91. The van der Waals surface area contributed by atoms with E-state index in [0.29, 0.717) is 47.3 Å². The van der Waals surface area contributed by atoms with E-state index in [1.165, 1.54) is 0 Å². The number of anilines is 2. The first kappa shape index (κ1) is 32.1. The number of amidine groups is 2. The molecule has 0 atom stereocenters. The number of carbonyl (C=O) groups excluding carboxylic acids is 2. The van der Waals surface area contributed by atoms with Gasteiger partial charge in [-0.2, -0.15) is 0 Å².